The minimum Gasteiger partial charge on any atom is -0.455 e. The summed E-state index contributed by atoms with van der Waals surface area (Å²) < 4.78 is 10.9. The van der Waals surface area contributed by atoms with Crippen molar-refractivity contribution in [1.29, 1.82) is 0 Å². The van der Waals surface area contributed by atoms with E-state index in [0.717, 1.165) is 16.1 Å². The molecule has 0 aliphatic rings. The number of hydrogen-bond acceptors (Lipinski definition) is 7. The molecule has 4 rings (SSSR count). The van der Waals surface area contributed by atoms with Crippen LogP contribution in [-0.2, 0) is 22.6 Å². The first kappa shape index (κ1) is 17.1. The predicted octanol–water partition coefficient (Wildman–Crippen LogP) is 4.15. The summed E-state index contributed by atoms with van der Waals surface area (Å²) in [4.78, 5) is 24.8. The van der Waals surface area contributed by atoms with Crippen LogP contribution in [0.3, 0.4) is 0 Å². The van der Waals surface area contributed by atoms with Gasteiger partial charge in [0.1, 0.15) is 5.01 Å². The molecule has 3 aromatic heterocycles. The smallest absolute Gasteiger partial charge is 0.312 e. The molecule has 0 radical (unpaired) electrons. The molecule has 0 atom stereocenters. The number of aromatic nitrogens is 3. The van der Waals surface area contributed by atoms with Crippen molar-refractivity contribution < 1.29 is 13.9 Å². The summed E-state index contributed by atoms with van der Waals surface area (Å²) in [6.45, 7) is -0.00866. The number of esters is 1. The van der Waals surface area contributed by atoms with Crippen LogP contribution in [0.5, 0.6) is 0 Å². The Balaban J connectivity index is 1.33. The minimum atomic E-state index is -0.377. The number of rotatable bonds is 6. The Bertz CT molecular complexity index is 1030. The average molecular weight is 377 g/mol. The summed E-state index contributed by atoms with van der Waals surface area (Å²) in [6, 6.07) is 13.4. The van der Waals surface area contributed by atoms with Gasteiger partial charge in [-0.3, -0.25) is 9.78 Å². The van der Waals surface area contributed by atoms with Crippen molar-refractivity contribution in [2.24, 2.45) is 0 Å². The zero-order valence-electron chi connectivity index (χ0n) is 14.2. The lowest BCUT2D eigenvalue weighted by Crippen LogP contribution is -2.08. The van der Waals surface area contributed by atoms with Gasteiger partial charge in [0.25, 0.3) is 0 Å². The first-order chi connectivity index (χ1) is 13.3. The number of carbonyl (C=O) groups is 1. The number of benzene rings is 1. The molecule has 6 nitrogen and oxygen atoms in total. The normalized spacial score (nSPS) is 10.7. The number of nitrogens with zero attached hydrogens (tertiary/aromatic N) is 3. The van der Waals surface area contributed by atoms with Crippen molar-refractivity contribution in [3.8, 4) is 21.9 Å². The van der Waals surface area contributed by atoms with Crippen molar-refractivity contribution in [2.45, 2.75) is 13.0 Å². The van der Waals surface area contributed by atoms with E-state index in [-0.39, 0.29) is 19.0 Å². The van der Waals surface area contributed by atoms with Crippen LogP contribution in [0.15, 0.2) is 70.9 Å². The van der Waals surface area contributed by atoms with E-state index >= 15 is 0 Å². The van der Waals surface area contributed by atoms with Gasteiger partial charge in [0, 0.05) is 28.9 Å². The summed E-state index contributed by atoms with van der Waals surface area (Å²) in [7, 11) is 0. The van der Waals surface area contributed by atoms with E-state index in [1.807, 2.05) is 47.8 Å². The molecular formula is C20H15N3O3S. The monoisotopic (exact) mass is 377 g/mol. The molecule has 0 fully saturated rings. The molecule has 0 amide bonds. The summed E-state index contributed by atoms with van der Waals surface area (Å²) >= 11 is 1.47. The second-order valence-corrected chi connectivity index (χ2v) is 6.57. The van der Waals surface area contributed by atoms with Crippen LogP contribution in [0.25, 0.3) is 21.9 Å². The summed E-state index contributed by atoms with van der Waals surface area (Å²) in [6.07, 6.45) is 5.18. The molecule has 0 N–H and O–H groups in total. The summed E-state index contributed by atoms with van der Waals surface area (Å²) in [5.41, 5.74) is 2.52. The van der Waals surface area contributed by atoms with E-state index in [0.29, 0.717) is 17.3 Å². The van der Waals surface area contributed by atoms with E-state index in [1.54, 1.807) is 18.6 Å². The molecule has 4 aromatic rings. The van der Waals surface area contributed by atoms with Crippen molar-refractivity contribution in [3.63, 3.8) is 0 Å². The predicted molar refractivity (Wildman–Crippen MR) is 101 cm³/mol. The molecule has 0 aliphatic heterocycles. The first-order valence-corrected chi connectivity index (χ1v) is 9.16. The van der Waals surface area contributed by atoms with Crippen LogP contribution < -0.4 is 0 Å². The number of oxazole rings is 1. The molecule has 3 heterocycles. The zero-order valence-corrected chi connectivity index (χ0v) is 15.1. The number of ether oxygens (including phenoxy) is 1. The Morgan fingerprint density at radius 3 is 2.74 bits per heavy atom. The maximum Gasteiger partial charge on any atom is 0.312 e. The van der Waals surface area contributed by atoms with Gasteiger partial charge in [-0.1, -0.05) is 30.3 Å². The third-order valence-corrected chi connectivity index (χ3v) is 4.69. The average Bonchev–Trinajstić information content (AvgIpc) is 3.37. The molecular weight excluding hydrogens is 362 g/mol. The van der Waals surface area contributed by atoms with Gasteiger partial charge in [-0.15, -0.1) is 11.3 Å². The van der Waals surface area contributed by atoms with E-state index in [2.05, 4.69) is 15.0 Å². The molecule has 0 aliphatic carbocycles. The van der Waals surface area contributed by atoms with Crippen LogP contribution in [-0.4, -0.2) is 20.9 Å². The van der Waals surface area contributed by atoms with Crippen molar-refractivity contribution >= 4 is 17.3 Å². The van der Waals surface area contributed by atoms with Crippen molar-refractivity contribution in [1.82, 2.24) is 15.0 Å². The molecule has 0 saturated heterocycles. The van der Waals surface area contributed by atoms with E-state index in [1.165, 1.54) is 11.3 Å². The van der Waals surface area contributed by atoms with Gasteiger partial charge in [0.15, 0.2) is 12.4 Å². The van der Waals surface area contributed by atoms with Crippen molar-refractivity contribution in [2.75, 3.05) is 0 Å². The SMILES string of the molecule is O=C(Cc1csc(-c2cccnc2)n1)OCc1ncc(-c2ccccc2)o1. The first-order valence-electron chi connectivity index (χ1n) is 8.28. The molecule has 0 spiro atoms. The molecule has 1 aromatic carbocycles. The van der Waals surface area contributed by atoms with Gasteiger partial charge in [0.05, 0.1) is 18.3 Å². The maximum atomic E-state index is 12.1. The molecule has 0 bridgehead atoms. The van der Waals surface area contributed by atoms with Crippen LogP contribution in [0.4, 0.5) is 0 Å². The van der Waals surface area contributed by atoms with Gasteiger partial charge < -0.3 is 9.15 Å². The molecule has 27 heavy (non-hydrogen) atoms. The van der Waals surface area contributed by atoms with Gasteiger partial charge in [0.2, 0.25) is 5.89 Å². The highest BCUT2D eigenvalue weighted by molar-refractivity contribution is 7.13. The highest BCUT2D eigenvalue weighted by atomic mass is 32.1. The standard InChI is InChI=1S/C20H15N3O3S/c24-19(9-16-13-27-20(23-16)15-7-4-8-21-10-15)25-12-18-22-11-17(26-18)14-5-2-1-3-6-14/h1-8,10-11,13H,9,12H2. The molecule has 134 valence electrons. The van der Waals surface area contributed by atoms with Gasteiger partial charge in [-0.05, 0) is 12.1 Å². The third-order valence-electron chi connectivity index (χ3n) is 3.75. The lowest BCUT2D eigenvalue weighted by atomic mass is 10.2. The molecule has 0 unspecified atom stereocenters. The second kappa shape index (κ2) is 7.92. The Labute approximate surface area is 159 Å². The summed E-state index contributed by atoms with van der Waals surface area (Å²) in [5, 5.41) is 2.67. The fraction of sp³-hybridized carbons (Fsp3) is 0.100. The largest absolute Gasteiger partial charge is 0.455 e. The Morgan fingerprint density at radius 2 is 1.93 bits per heavy atom. The maximum absolute atomic E-state index is 12.1. The molecule has 0 saturated carbocycles. The zero-order chi connectivity index (χ0) is 18.5. The second-order valence-electron chi connectivity index (χ2n) is 5.71. The number of carbonyl (C=O) groups excluding carboxylic acids is 1. The van der Waals surface area contributed by atoms with Gasteiger partial charge in [-0.2, -0.15) is 0 Å². The van der Waals surface area contributed by atoms with Crippen LogP contribution in [0.2, 0.25) is 0 Å². The van der Waals surface area contributed by atoms with Crippen LogP contribution in [0, 0.1) is 0 Å². The van der Waals surface area contributed by atoms with E-state index in [4.69, 9.17) is 9.15 Å². The highest BCUT2D eigenvalue weighted by Gasteiger charge is 2.12. The Morgan fingerprint density at radius 1 is 1.07 bits per heavy atom. The fourth-order valence-electron chi connectivity index (χ4n) is 2.46. The molecule has 7 heteroatoms. The number of thiazole rings is 1. The Hall–Kier alpha value is -3.32. The summed E-state index contributed by atoms with van der Waals surface area (Å²) in [5.74, 6) is 0.622. The minimum absolute atomic E-state index is 0.00866. The number of pyridine rings is 1. The quantitative estimate of drug-likeness (QED) is 0.470. The lowest BCUT2D eigenvalue weighted by molar-refractivity contribution is -0.144. The Kier molecular flexibility index (Phi) is 5.02. The van der Waals surface area contributed by atoms with Gasteiger partial charge in [-0.25, -0.2) is 9.97 Å². The topological polar surface area (TPSA) is 78.1 Å². The van der Waals surface area contributed by atoms with Gasteiger partial charge >= 0.3 is 5.97 Å². The lowest BCUT2D eigenvalue weighted by Gasteiger charge is -2.00. The van der Waals surface area contributed by atoms with Crippen LogP contribution in [0.1, 0.15) is 11.6 Å². The van der Waals surface area contributed by atoms with E-state index < -0.39 is 0 Å². The van der Waals surface area contributed by atoms with Crippen molar-refractivity contribution in [3.05, 3.63) is 78.0 Å². The third kappa shape index (κ3) is 4.27. The highest BCUT2D eigenvalue weighted by Crippen LogP contribution is 2.23. The number of hydrogen-bond donors (Lipinski definition) is 0. The van der Waals surface area contributed by atoms with Crippen LogP contribution >= 0.6 is 11.3 Å². The van der Waals surface area contributed by atoms with E-state index in [9.17, 15) is 4.79 Å². The fourth-order valence-corrected chi connectivity index (χ4v) is 3.27.